The van der Waals surface area contributed by atoms with Crippen LogP contribution in [0.2, 0.25) is 0 Å². The fourth-order valence-corrected chi connectivity index (χ4v) is 0.826. The molecule has 0 N–H and O–H groups in total. The summed E-state index contributed by atoms with van der Waals surface area (Å²) in [4.78, 5) is 0. The zero-order chi connectivity index (χ0) is 9.61. The molecule has 0 rings (SSSR count). The number of rotatable bonds is 4. The van der Waals surface area contributed by atoms with Crippen molar-refractivity contribution in [3.63, 3.8) is 0 Å². The topological polar surface area (TPSA) is 9.23 Å². The quantitative estimate of drug-likeness (QED) is 0.584. The maximum absolute atomic E-state index is 5.48. The number of hydrogen-bond acceptors (Lipinski definition) is 1. The summed E-state index contributed by atoms with van der Waals surface area (Å²) in [5.74, 6) is 0. The molecule has 0 aromatic carbocycles. The molecule has 0 amide bonds. The third kappa shape index (κ3) is 6.26. The van der Waals surface area contributed by atoms with Crippen LogP contribution in [0.5, 0.6) is 0 Å². The van der Waals surface area contributed by atoms with Gasteiger partial charge in [0, 0.05) is 0 Å². The van der Waals surface area contributed by atoms with E-state index in [1.807, 2.05) is 6.26 Å². The minimum atomic E-state index is 0.267. The van der Waals surface area contributed by atoms with Crippen LogP contribution in [0.15, 0.2) is 11.8 Å². The van der Waals surface area contributed by atoms with E-state index in [1.165, 1.54) is 5.57 Å². The van der Waals surface area contributed by atoms with Gasteiger partial charge in [-0.2, -0.15) is 0 Å². The van der Waals surface area contributed by atoms with Crippen LogP contribution in [0.25, 0.3) is 0 Å². The van der Waals surface area contributed by atoms with Gasteiger partial charge in [0.1, 0.15) is 0 Å². The van der Waals surface area contributed by atoms with Crippen LogP contribution in [0.1, 0.15) is 47.5 Å². The van der Waals surface area contributed by atoms with Gasteiger partial charge in [0.15, 0.2) is 0 Å². The molecule has 0 saturated carbocycles. The molecule has 0 radical (unpaired) electrons. The van der Waals surface area contributed by atoms with Gasteiger partial charge >= 0.3 is 0 Å². The second-order valence-corrected chi connectivity index (χ2v) is 4.35. The molecule has 1 nitrogen and oxygen atoms in total. The maximum atomic E-state index is 5.48. The first kappa shape index (κ1) is 11.5. The lowest BCUT2D eigenvalue weighted by atomic mass is 9.99. The van der Waals surface area contributed by atoms with Crippen molar-refractivity contribution in [2.45, 2.75) is 47.5 Å². The number of allylic oxidation sites excluding steroid dienone is 1. The minimum absolute atomic E-state index is 0.267. The molecule has 0 bridgehead atoms. The summed E-state index contributed by atoms with van der Waals surface area (Å²) in [5, 5.41) is 0. The Morgan fingerprint density at radius 1 is 1.17 bits per heavy atom. The highest BCUT2D eigenvalue weighted by Gasteiger charge is 2.09. The monoisotopic (exact) mass is 170 g/mol. The summed E-state index contributed by atoms with van der Waals surface area (Å²) in [6, 6.07) is 0. The second-order valence-electron chi connectivity index (χ2n) is 4.35. The highest BCUT2D eigenvalue weighted by molar-refractivity contribution is 4.95. The van der Waals surface area contributed by atoms with Gasteiger partial charge in [-0.05, 0) is 23.8 Å². The molecule has 0 spiro atoms. The van der Waals surface area contributed by atoms with Crippen LogP contribution in [0, 0.1) is 5.41 Å². The first-order valence-corrected chi connectivity index (χ1v) is 4.79. The Labute approximate surface area is 76.8 Å². The first-order chi connectivity index (χ1) is 5.49. The molecular formula is C11H22O. The lowest BCUT2D eigenvalue weighted by Gasteiger charge is -2.17. The van der Waals surface area contributed by atoms with Crippen molar-refractivity contribution in [3.05, 3.63) is 11.8 Å². The molecule has 0 saturated heterocycles. The standard InChI is InChI=1S/C11H22O/c1-6-10(7-2)8-12-9-11(3,4)5/h8H,6-7,9H2,1-5H3. The SMILES string of the molecule is CCC(=COCC(C)(C)C)CC. The largest absolute Gasteiger partial charge is 0.501 e. The molecule has 0 unspecified atom stereocenters. The fraction of sp³-hybridized carbons (Fsp3) is 0.818. The summed E-state index contributed by atoms with van der Waals surface area (Å²) < 4.78 is 5.48. The lowest BCUT2D eigenvalue weighted by Crippen LogP contribution is -2.12. The lowest BCUT2D eigenvalue weighted by molar-refractivity contribution is 0.149. The van der Waals surface area contributed by atoms with Crippen molar-refractivity contribution in [2.24, 2.45) is 5.41 Å². The van der Waals surface area contributed by atoms with E-state index in [0.29, 0.717) is 0 Å². The molecule has 0 fully saturated rings. The fourth-order valence-electron chi connectivity index (χ4n) is 0.826. The molecule has 0 aromatic heterocycles. The Morgan fingerprint density at radius 2 is 1.67 bits per heavy atom. The molecule has 0 aliphatic carbocycles. The Bertz CT molecular complexity index is 134. The zero-order valence-electron chi connectivity index (χ0n) is 9.11. The van der Waals surface area contributed by atoms with Crippen molar-refractivity contribution < 1.29 is 4.74 Å². The van der Waals surface area contributed by atoms with Gasteiger partial charge in [0.05, 0.1) is 12.9 Å². The summed E-state index contributed by atoms with van der Waals surface area (Å²) in [6.45, 7) is 11.7. The molecular weight excluding hydrogens is 148 g/mol. The van der Waals surface area contributed by atoms with E-state index in [0.717, 1.165) is 19.4 Å². The normalized spacial score (nSPS) is 11.1. The van der Waals surface area contributed by atoms with Crippen molar-refractivity contribution in [1.29, 1.82) is 0 Å². The molecule has 0 aromatic rings. The van der Waals surface area contributed by atoms with E-state index in [4.69, 9.17) is 4.74 Å². The third-order valence-corrected chi connectivity index (χ3v) is 1.67. The van der Waals surface area contributed by atoms with Crippen LogP contribution in [-0.4, -0.2) is 6.61 Å². The van der Waals surface area contributed by atoms with Crippen molar-refractivity contribution in [2.75, 3.05) is 6.61 Å². The van der Waals surface area contributed by atoms with Gasteiger partial charge in [-0.1, -0.05) is 34.6 Å². The Hall–Kier alpha value is -0.460. The van der Waals surface area contributed by atoms with Crippen LogP contribution in [0.3, 0.4) is 0 Å². The molecule has 0 atom stereocenters. The van der Waals surface area contributed by atoms with Gasteiger partial charge in [-0.25, -0.2) is 0 Å². The van der Waals surface area contributed by atoms with Gasteiger partial charge < -0.3 is 4.74 Å². The molecule has 0 aliphatic heterocycles. The van der Waals surface area contributed by atoms with Crippen LogP contribution >= 0.6 is 0 Å². The highest BCUT2D eigenvalue weighted by Crippen LogP contribution is 2.14. The number of ether oxygens (including phenoxy) is 1. The van der Waals surface area contributed by atoms with E-state index >= 15 is 0 Å². The minimum Gasteiger partial charge on any atom is -0.501 e. The molecule has 0 aliphatic rings. The van der Waals surface area contributed by atoms with Crippen LogP contribution in [0.4, 0.5) is 0 Å². The molecule has 72 valence electrons. The molecule has 0 heterocycles. The van der Waals surface area contributed by atoms with E-state index < -0.39 is 0 Å². The smallest absolute Gasteiger partial charge is 0.0921 e. The van der Waals surface area contributed by atoms with Gasteiger partial charge in [0.25, 0.3) is 0 Å². The molecule has 1 heteroatoms. The average molecular weight is 170 g/mol. The van der Waals surface area contributed by atoms with Crippen LogP contribution < -0.4 is 0 Å². The van der Waals surface area contributed by atoms with Gasteiger partial charge in [-0.15, -0.1) is 0 Å². The highest BCUT2D eigenvalue weighted by atomic mass is 16.5. The van der Waals surface area contributed by atoms with E-state index in [2.05, 4.69) is 34.6 Å². The van der Waals surface area contributed by atoms with Crippen LogP contribution in [-0.2, 0) is 4.74 Å². The van der Waals surface area contributed by atoms with Crippen molar-refractivity contribution in [3.8, 4) is 0 Å². The van der Waals surface area contributed by atoms with Crippen molar-refractivity contribution in [1.82, 2.24) is 0 Å². The van der Waals surface area contributed by atoms with Crippen molar-refractivity contribution >= 4 is 0 Å². The average Bonchev–Trinajstić information content (AvgIpc) is 1.96. The van der Waals surface area contributed by atoms with E-state index in [1.54, 1.807) is 0 Å². The predicted octanol–water partition coefficient (Wildman–Crippen LogP) is 3.75. The summed E-state index contributed by atoms with van der Waals surface area (Å²) >= 11 is 0. The Balaban J connectivity index is 3.72. The van der Waals surface area contributed by atoms with E-state index in [-0.39, 0.29) is 5.41 Å². The maximum Gasteiger partial charge on any atom is 0.0921 e. The van der Waals surface area contributed by atoms with Gasteiger partial charge in [-0.3, -0.25) is 0 Å². The zero-order valence-corrected chi connectivity index (χ0v) is 9.11. The summed E-state index contributed by atoms with van der Waals surface area (Å²) in [5.41, 5.74) is 1.66. The summed E-state index contributed by atoms with van der Waals surface area (Å²) in [6.07, 6.45) is 4.12. The second kappa shape index (κ2) is 5.23. The summed E-state index contributed by atoms with van der Waals surface area (Å²) in [7, 11) is 0. The van der Waals surface area contributed by atoms with Gasteiger partial charge in [0.2, 0.25) is 0 Å². The Morgan fingerprint density at radius 3 is 2.00 bits per heavy atom. The number of hydrogen-bond donors (Lipinski definition) is 0. The third-order valence-electron chi connectivity index (χ3n) is 1.67. The van der Waals surface area contributed by atoms with E-state index in [9.17, 15) is 0 Å². The Kier molecular flexibility index (Phi) is 5.03. The first-order valence-electron chi connectivity index (χ1n) is 4.79. The predicted molar refractivity (Wildman–Crippen MR) is 54.1 cm³/mol. The molecule has 12 heavy (non-hydrogen) atoms.